The lowest BCUT2D eigenvalue weighted by Crippen LogP contribution is -2.08. The van der Waals surface area contributed by atoms with Gasteiger partial charge in [-0.1, -0.05) is 58.0 Å². The highest BCUT2D eigenvalue weighted by atomic mass is 31.1. The standard InChI is InChI=1S/C6H6O.C6H12.C4H13N2P/c7-6-4-2-1-3-5-6;1-3-5-6-4-2;1-3-5-7-6-4-2/h1-5,7H;5-6H,3-4H2,1-2H3;5-7H,3-4H2,1-2H3/b;6-5-;. The number of allylic oxidation sites excluding steroid dienone is 2. The van der Waals surface area contributed by atoms with Crippen molar-refractivity contribution in [2.45, 2.75) is 40.5 Å². The third-order valence-electron chi connectivity index (χ3n) is 1.92. The molecular weight excluding hydrogens is 267 g/mol. The zero-order chi connectivity index (χ0) is 15.5. The minimum atomic E-state index is 0.322. The van der Waals surface area contributed by atoms with Crippen LogP contribution in [0.3, 0.4) is 0 Å². The summed E-state index contributed by atoms with van der Waals surface area (Å²) in [6, 6.07) is 8.71. The van der Waals surface area contributed by atoms with E-state index in [-0.39, 0.29) is 0 Å². The first kappa shape index (κ1) is 21.4. The monoisotopic (exact) mass is 298 g/mol. The Morgan fingerprint density at radius 3 is 1.60 bits per heavy atom. The van der Waals surface area contributed by atoms with Crippen molar-refractivity contribution in [2.75, 3.05) is 13.1 Å². The van der Waals surface area contributed by atoms with Gasteiger partial charge < -0.3 is 5.11 Å². The Morgan fingerprint density at radius 1 is 0.900 bits per heavy atom. The van der Waals surface area contributed by atoms with E-state index in [1.807, 2.05) is 6.07 Å². The second-order valence-corrected chi connectivity index (χ2v) is 4.77. The lowest BCUT2D eigenvalue weighted by molar-refractivity contribution is 0.475. The van der Waals surface area contributed by atoms with Gasteiger partial charge in [-0.2, -0.15) is 0 Å². The summed E-state index contributed by atoms with van der Waals surface area (Å²) in [4.78, 5) is 0. The molecular formula is C16H31N2OP. The molecule has 0 spiro atoms. The molecule has 3 N–H and O–H groups in total. The number of benzene rings is 1. The van der Waals surface area contributed by atoms with E-state index in [0.29, 0.717) is 5.75 Å². The van der Waals surface area contributed by atoms with Crippen LogP contribution in [-0.4, -0.2) is 18.2 Å². The summed E-state index contributed by atoms with van der Waals surface area (Å²) < 4.78 is 0. The first-order chi connectivity index (χ1) is 9.72. The molecule has 0 aliphatic heterocycles. The van der Waals surface area contributed by atoms with Gasteiger partial charge in [-0.05, 0) is 38.1 Å². The van der Waals surface area contributed by atoms with E-state index in [4.69, 9.17) is 5.11 Å². The lowest BCUT2D eigenvalue weighted by Gasteiger charge is -1.98. The molecule has 116 valence electrons. The summed E-state index contributed by atoms with van der Waals surface area (Å²) in [5, 5.41) is 15.0. The Kier molecular flexibility index (Phi) is 21.9. The molecule has 0 fully saturated rings. The Hall–Kier alpha value is -0.890. The summed E-state index contributed by atoms with van der Waals surface area (Å²) in [5.74, 6) is 0.322. The molecule has 4 heteroatoms. The van der Waals surface area contributed by atoms with Crippen molar-refractivity contribution in [3.63, 3.8) is 0 Å². The van der Waals surface area contributed by atoms with Crippen LogP contribution in [0.25, 0.3) is 0 Å². The number of nitrogens with one attached hydrogen (secondary N) is 2. The summed E-state index contributed by atoms with van der Waals surface area (Å²) in [5.41, 5.74) is 0. The van der Waals surface area contributed by atoms with Crippen molar-refractivity contribution in [3.05, 3.63) is 42.5 Å². The van der Waals surface area contributed by atoms with Gasteiger partial charge in [-0.25, -0.2) is 0 Å². The molecule has 0 amide bonds. The molecule has 0 radical (unpaired) electrons. The van der Waals surface area contributed by atoms with Gasteiger partial charge >= 0.3 is 0 Å². The van der Waals surface area contributed by atoms with E-state index in [1.54, 1.807) is 24.3 Å². The zero-order valence-electron chi connectivity index (χ0n) is 13.3. The van der Waals surface area contributed by atoms with Crippen LogP contribution in [0.1, 0.15) is 40.5 Å². The largest absolute Gasteiger partial charge is 0.508 e. The summed E-state index contributed by atoms with van der Waals surface area (Å²) >= 11 is 0. The number of rotatable bonds is 6. The van der Waals surface area contributed by atoms with E-state index >= 15 is 0 Å². The third-order valence-corrected chi connectivity index (χ3v) is 2.99. The van der Waals surface area contributed by atoms with Crippen LogP contribution < -0.4 is 10.2 Å². The fraction of sp³-hybridized carbons (Fsp3) is 0.500. The van der Waals surface area contributed by atoms with Gasteiger partial charge in [0, 0.05) is 8.88 Å². The van der Waals surface area contributed by atoms with Crippen molar-refractivity contribution >= 4 is 8.88 Å². The quantitative estimate of drug-likeness (QED) is 0.412. The minimum Gasteiger partial charge on any atom is -0.508 e. The third kappa shape index (κ3) is 22.3. The number of hydrogen-bond donors (Lipinski definition) is 3. The van der Waals surface area contributed by atoms with Gasteiger partial charge in [-0.15, -0.1) is 0 Å². The molecule has 0 heterocycles. The Balaban J connectivity index is 0. The second kappa shape index (κ2) is 20.4. The van der Waals surface area contributed by atoms with Crippen LogP contribution in [-0.2, 0) is 0 Å². The first-order valence-corrected chi connectivity index (χ1v) is 8.32. The first-order valence-electron chi connectivity index (χ1n) is 7.32. The molecule has 1 aromatic rings. The zero-order valence-corrected chi connectivity index (χ0v) is 14.3. The summed E-state index contributed by atoms with van der Waals surface area (Å²) in [7, 11) is 0.732. The Bertz CT molecular complexity index is 282. The van der Waals surface area contributed by atoms with E-state index in [0.717, 1.165) is 22.0 Å². The Morgan fingerprint density at radius 2 is 1.35 bits per heavy atom. The number of phenols is 1. The normalized spacial score (nSPS) is 9.40. The average molecular weight is 298 g/mol. The van der Waals surface area contributed by atoms with Crippen LogP contribution in [0.2, 0.25) is 0 Å². The number of para-hydroxylation sites is 1. The van der Waals surface area contributed by atoms with Gasteiger partial charge in [0.05, 0.1) is 0 Å². The highest BCUT2D eigenvalue weighted by Crippen LogP contribution is 2.02. The molecule has 0 unspecified atom stereocenters. The summed E-state index contributed by atoms with van der Waals surface area (Å²) in [6.07, 6.45) is 6.71. The molecule has 0 aliphatic carbocycles. The molecule has 0 aliphatic rings. The molecule has 1 aromatic carbocycles. The van der Waals surface area contributed by atoms with Gasteiger partial charge in [0.15, 0.2) is 0 Å². The molecule has 0 saturated carbocycles. The topological polar surface area (TPSA) is 44.3 Å². The molecule has 0 bridgehead atoms. The Labute approximate surface area is 126 Å². The van der Waals surface area contributed by atoms with Crippen molar-refractivity contribution in [1.29, 1.82) is 0 Å². The SMILES string of the molecule is CC/C=C\CC.CCNPNCC.Oc1ccccc1. The van der Waals surface area contributed by atoms with Gasteiger partial charge in [0.25, 0.3) is 0 Å². The van der Waals surface area contributed by atoms with E-state index in [1.165, 1.54) is 12.8 Å². The smallest absolute Gasteiger partial charge is 0.115 e. The van der Waals surface area contributed by atoms with Crippen molar-refractivity contribution in [3.8, 4) is 5.75 Å². The van der Waals surface area contributed by atoms with Crippen molar-refractivity contribution in [1.82, 2.24) is 10.2 Å². The lowest BCUT2D eigenvalue weighted by atomic mass is 10.3. The van der Waals surface area contributed by atoms with Crippen molar-refractivity contribution < 1.29 is 5.11 Å². The van der Waals surface area contributed by atoms with Gasteiger partial charge in [0.1, 0.15) is 5.75 Å². The number of phenolic OH excluding ortho intramolecular Hbond substituents is 1. The van der Waals surface area contributed by atoms with E-state index in [9.17, 15) is 0 Å². The fourth-order valence-corrected chi connectivity index (χ4v) is 1.48. The molecule has 0 saturated heterocycles. The predicted molar refractivity (Wildman–Crippen MR) is 93.5 cm³/mol. The summed E-state index contributed by atoms with van der Waals surface area (Å²) in [6.45, 7) is 10.6. The average Bonchev–Trinajstić information content (AvgIpc) is 2.48. The van der Waals surface area contributed by atoms with Gasteiger partial charge in [-0.3, -0.25) is 10.2 Å². The van der Waals surface area contributed by atoms with E-state index in [2.05, 4.69) is 50.0 Å². The maximum atomic E-state index is 8.63. The second-order valence-electron chi connectivity index (χ2n) is 3.81. The van der Waals surface area contributed by atoms with Crippen LogP contribution in [0.4, 0.5) is 0 Å². The molecule has 1 rings (SSSR count). The van der Waals surface area contributed by atoms with E-state index < -0.39 is 0 Å². The molecule has 0 aromatic heterocycles. The minimum absolute atomic E-state index is 0.322. The number of hydrogen-bond acceptors (Lipinski definition) is 3. The molecule has 3 nitrogen and oxygen atoms in total. The maximum Gasteiger partial charge on any atom is 0.115 e. The van der Waals surface area contributed by atoms with Crippen LogP contribution >= 0.6 is 8.88 Å². The highest BCUT2D eigenvalue weighted by molar-refractivity contribution is 7.33. The van der Waals surface area contributed by atoms with Crippen LogP contribution in [0, 0.1) is 0 Å². The fourth-order valence-electron chi connectivity index (χ4n) is 1.00. The molecule has 0 atom stereocenters. The maximum absolute atomic E-state index is 8.63. The number of aromatic hydroxyl groups is 1. The highest BCUT2D eigenvalue weighted by Gasteiger charge is 1.75. The molecule has 20 heavy (non-hydrogen) atoms. The van der Waals surface area contributed by atoms with Crippen molar-refractivity contribution in [2.24, 2.45) is 0 Å². The van der Waals surface area contributed by atoms with Gasteiger partial charge in [0.2, 0.25) is 0 Å². The van der Waals surface area contributed by atoms with Crippen LogP contribution in [0.5, 0.6) is 5.75 Å². The predicted octanol–water partition coefficient (Wildman–Crippen LogP) is 4.47. The van der Waals surface area contributed by atoms with Crippen LogP contribution in [0.15, 0.2) is 42.5 Å².